The second-order valence-corrected chi connectivity index (χ2v) is 5.10. The fourth-order valence-corrected chi connectivity index (χ4v) is 2.45. The molecule has 1 N–H and O–H groups in total. The van der Waals surface area contributed by atoms with Gasteiger partial charge in [-0.3, -0.25) is 4.98 Å². The van der Waals surface area contributed by atoms with E-state index in [0.29, 0.717) is 11.4 Å². The second kappa shape index (κ2) is 5.51. The maximum absolute atomic E-state index is 9.74. The monoisotopic (exact) mass is 261 g/mol. The van der Waals surface area contributed by atoms with Gasteiger partial charge in [-0.25, -0.2) is 0 Å². The summed E-state index contributed by atoms with van der Waals surface area (Å²) in [4.78, 5) is 4.31. The van der Waals surface area contributed by atoms with Gasteiger partial charge in [0.25, 0.3) is 0 Å². The molecule has 94 valence electrons. The topological polar surface area (TPSA) is 33.1 Å². The summed E-state index contributed by atoms with van der Waals surface area (Å²) < 4.78 is 0. The van der Waals surface area contributed by atoms with Gasteiger partial charge < -0.3 is 5.11 Å². The van der Waals surface area contributed by atoms with Gasteiger partial charge in [0.1, 0.15) is 0 Å². The van der Waals surface area contributed by atoms with Crippen LogP contribution >= 0.6 is 11.6 Å². The number of hydrogen-bond donors (Lipinski definition) is 1. The minimum absolute atomic E-state index is 0.0350. The number of nitrogens with zero attached hydrogens (tertiary/aromatic N) is 1. The highest BCUT2D eigenvalue weighted by atomic mass is 35.5. The highest BCUT2D eigenvalue weighted by Gasteiger charge is 2.28. The Kier molecular flexibility index (Phi) is 4.00. The van der Waals surface area contributed by atoms with E-state index in [1.54, 1.807) is 6.20 Å². The van der Waals surface area contributed by atoms with Gasteiger partial charge in [0.15, 0.2) is 0 Å². The Hall–Kier alpha value is -1.38. The lowest BCUT2D eigenvalue weighted by Crippen LogP contribution is -2.30. The predicted molar refractivity (Wildman–Crippen MR) is 73.8 cm³/mol. The summed E-state index contributed by atoms with van der Waals surface area (Å²) in [5, 5.41) is 10.4. The maximum atomic E-state index is 9.74. The van der Waals surface area contributed by atoms with Crippen molar-refractivity contribution in [3.05, 3.63) is 64.9 Å². The summed E-state index contributed by atoms with van der Waals surface area (Å²) in [6.07, 6.45) is 2.42. The minimum atomic E-state index is -0.410. The third kappa shape index (κ3) is 2.71. The number of pyridine rings is 1. The van der Waals surface area contributed by atoms with E-state index in [2.05, 4.69) is 4.98 Å². The van der Waals surface area contributed by atoms with Crippen LogP contribution in [0.3, 0.4) is 0 Å². The molecule has 1 heterocycles. The quantitative estimate of drug-likeness (QED) is 0.917. The molecule has 1 aromatic carbocycles. The number of aliphatic hydroxyl groups is 1. The van der Waals surface area contributed by atoms with Crippen molar-refractivity contribution < 1.29 is 5.11 Å². The van der Waals surface area contributed by atoms with Crippen LogP contribution in [0.25, 0.3) is 0 Å². The van der Waals surface area contributed by atoms with Crippen molar-refractivity contribution in [2.24, 2.45) is 0 Å². The van der Waals surface area contributed by atoms with Crippen LogP contribution < -0.4 is 0 Å². The average molecular weight is 262 g/mol. The summed E-state index contributed by atoms with van der Waals surface area (Å²) in [6.45, 7) is 2.04. The van der Waals surface area contributed by atoms with Gasteiger partial charge >= 0.3 is 0 Å². The molecule has 0 bridgehead atoms. The summed E-state index contributed by atoms with van der Waals surface area (Å²) in [7, 11) is 0. The first-order valence-corrected chi connectivity index (χ1v) is 6.29. The number of rotatable bonds is 4. The molecule has 2 rings (SSSR count). The summed E-state index contributed by atoms with van der Waals surface area (Å²) in [5.74, 6) is 0. The molecule has 0 fully saturated rings. The number of hydrogen-bond acceptors (Lipinski definition) is 2. The van der Waals surface area contributed by atoms with E-state index in [1.165, 1.54) is 0 Å². The smallest absolute Gasteiger partial charge is 0.0529 e. The number of benzene rings is 1. The van der Waals surface area contributed by atoms with Crippen LogP contribution in [0.1, 0.15) is 18.2 Å². The molecule has 1 unspecified atom stereocenters. The summed E-state index contributed by atoms with van der Waals surface area (Å²) in [5.41, 5.74) is 1.50. The van der Waals surface area contributed by atoms with Crippen molar-refractivity contribution in [1.29, 1.82) is 0 Å². The molecule has 2 aromatic rings. The predicted octanol–water partition coefficient (Wildman–Crippen LogP) is 3.23. The van der Waals surface area contributed by atoms with E-state index >= 15 is 0 Å². The largest absolute Gasteiger partial charge is 0.395 e. The van der Waals surface area contributed by atoms with Crippen LogP contribution in [-0.4, -0.2) is 16.7 Å². The lowest BCUT2D eigenvalue weighted by molar-refractivity contribution is 0.204. The minimum Gasteiger partial charge on any atom is -0.395 e. The van der Waals surface area contributed by atoms with Gasteiger partial charge in [-0.1, -0.05) is 42.8 Å². The van der Waals surface area contributed by atoms with E-state index in [4.69, 9.17) is 11.6 Å². The van der Waals surface area contributed by atoms with Gasteiger partial charge in [-0.05, 0) is 23.8 Å². The molecule has 18 heavy (non-hydrogen) atoms. The van der Waals surface area contributed by atoms with Crippen molar-refractivity contribution in [2.45, 2.75) is 18.8 Å². The zero-order valence-electron chi connectivity index (χ0n) is 10.3. The van der Waals surface area contributed by atoms with E-state index < -0.39 is 5.41 Å². The Balaban J connectivity index is 2.34. The van der Waals surface area contributed by atoms with Crippen LogP contribution in [0.15, 0.2) is 48.7 Å². The Morgan fingerprint density at radius 2 is 1.89 bits per heavy atom. The molecule has 0 aliphatic heterocycles. The number of halogens is 1. The Morgan fingerprint density at radius 1 is 1.17 bits per heavy atom. The van der Waals surface area contributed by atoms with Gasteiger partial charge in [-0.15, -0.1) is 0 Å². The first-order valence-electron chi connectivity index (χ1n) is 5.91. The van der Waals surface area contributed by atoms with Crippen molar-refractivity contribution in [3.63, 3.8) is 0 Å². The zero-order valence-corrected chi connectivity index (χ0v) is 11.1. The Morgan fingerprint density at radius 3 is 2.50 bits per heavy atom. The molecule has 0 aliphatic carbocycles. The number of aliphatic hydroxyl groups excluding tert-OH is 1. The normalized spacial score (nSPS) is 14.2. The van der Waals surface area contributed by atoms with Crippen LogP contribution in [-0.2, 0) is 11.8 Å². The van der Waals surface area contributed by atoms with E-state index in [1.807, 2.05) is 49.4 Å². The average Bonchev–Trinajstić information content (AvgIpc) is 2.40. The molecule has 0 saturated carbocycles. The van der Waals surface area contributed by atoms with Crippen molar-refractivity contribution in [2.75, 3.05) is 6.61 Å². The molecule has 0 radical (unpaired) electrons. The SMILES string of the molecule is CC(CO)(Cc1ccccn1)c1ccccc1Cl. The van der Waals surface area contributed by atoms with Gasteiger partial charge in [0, 0.05) is 28.7 Å². The maximum Gasteiger partial charge on any atom is 0.0529 e. The molecule has 0 spiro atoms. The second-order valence-electron chi connectivity index (χ2n) is 4.70. The highest BCUT2D eigenvalue weighted by molar-refractivity contribution is 6.31. The zero-order chi connectivity index (χ0) is 13.0. The van der Waals surface area contributed by atoms with Crippen molar-refractivity contribution in [1.82, 2.24) is 4.98 Å². The Labute approximate surface area is 112 Å². The summed E-state index contributed by atoms with van der Waals surface area (Å²) in [6, 6.07) is 13.4. The van der Waals surface area contributed by atoms with Crippen molar-refractivity contribution in [3.8, 4) is 0 Å². The first-order chi connectivity index (χ1) is 8.65. The molecule has 0 saturated heterocycles. The van der Waals surface area contributed by atoms with E-state index in [-0.39, 0.29) is 6.61 Å². The fourth-order valence-electron chi connectivity index (χ4n) is 2.09. The van der Waals surface area contributed by atoms with E-state index in [0.717, 1.165) is 11.3 Å². The van der Waals surface area contributed by atoms with E-state index in [9.17, 15) is 5.11 Å². The lowest BCUT2D eigenvalue weighted by Gasteiger charge is -2.28. The Bertz CT molecular complexity index is 515. The highest BCUT2D eigenvalue weighted by Crippen LogP contribution is 2.32. The molecule has 1 aromatic heterocycles. The number of aromatic nitrogens is 1. The van der Waals surface area contributed by atoms with Gasteiger partial charge in [0.2, 0.25) is 0 Å². The van der Waals surface area contributed by atoms with Gasteiger partial charge in [0.05, 0.1) is 6.61 Å². The molecule has 0 amide bonds. The van der Waals surface area contributed by atoms with Crippen LogP contribution in [0.4, 0.5) is 0 Å². The first kappa shape index (κ1) is 13.1. The third-order valence-corrected chi connectivity index (χ3v) is 3.50. The van der Waals surface area contributed by atoms with Crippen LogP contribution in [0.5, 0.6) is 0 Å². The van der Waals surface area contributed by atoms with Crippen molar-refractivity contribution >= 4 is 11.6 Å². The fraction of sp³-hybridized carbons (Fsp3) is 0.267. The lowest BCUT2D eigenvalue weighted by atomic mass is 9.79. The molecule has 3 heteroatoms. The van der Waals surface area contributed by atoms with Gasteiger partial charge in [-0.2, -0.15) is 0 Å². The molecule has 1 atom stereocenters. The van der Waals surface area contributed by atoms with Crippen LogP contribution in [0.2, 0.25) is 5.02 Å². The molecule has 0 aliphatic rings. The molecular formula is C15H16ClNO. The summed E-state index contributed by atoms with van der Waals surface area (Å²) >= 11 is 6.22. The molecule has 2 nitrogen and oxygen atoms in total. The third-order valence-electron chi connectivity index (χ3n) is 3.17. The van der Waals surface area contributed by atoms with Crippen LogP contribution in [0, 0.1) is 0 Å². The standard InChI is InChI=1S/C15H16ClNO/c1-15(11-18,10-12-6-4-5-9-17-12)13-7-2-3-8-14(13)16/h2-9,18H,10-11H2,1H3. The molecular weight excluding hydrogens is 246 g/mol.